The number of aliphatic hydroxyl groups excluding tert-OH is 1. The SMILES string of the molecule is CCOc1ccc(C(O)CN2C(=O)C(C)C(C)C2=O)cc1. The minimum Gasteiger partial charge on any atom is -0.494 e. The van der Waals surface area contributed by atoms with Gasteiger partial charge < -0.3 is 9.84 Å². The topological polar surface area (TPSA) is 66.8 Å². The minimum atomic E-state index is -0.883. The summed E-state index contributed by atoms with van der Waals surface area (Å²) in [4.78, 5) is 25.2. The van der Waals surface area contributed by atoms with Crippen LogP contribution in [0.15, 0.2) is 24.3 Å². The van der Waals surface area contributed by atoms with E-state index in [0.29, 0.717) is 12.2 Å². The van der Waals surface area contributed by atoms with Gasteiger partial charge in [0, 0.05) is 11.8 Å². The second-order valence-electron chi connectivity index (χ2n) is 5.38. The molecular weight excluding hydrogens is 270 g/mol. The maximum absolute atomic E-state index is 12.0. The van der Waals surface area contributed by atoms with Gasteiger partial charge in [-0.05, 0) is 24.6 Å². The second kappa shape index (κ2) is 6.26. The number of β-amino-alcohol motifs (C(OH)–C–C–N with tert-alkyl or cyclic N) is 1. The van der Waals surface area contributed by atoms with Gasteiger partial charge in [-0.2, -0.15) is 0 Å². The Morgan fingerprint density at radius 1 is 1.14 bits per heavy atom. The van der Waals surface area contributed by atoms with Crippen molar-refractivity contribution in [3.8, 4) is 5.75 Å². The van der Waals surface area contributed by atoms with Crippen LogP contribution in [-0.2, 0) is 9.59 Å². The molecule has 114 valence electrons. The number of aliphatic hydroxyl groups is 1. The highest BCUT2D eigenvalue weighted by Crippen LogP contribution is 2.28. The third kappa shape index (κ3) is 3.08. The smallest absolute Gasteiger partial charge is 0.232 e. The molecule has 5 nitrogen and oxygen atoms in total. The van der Waals surface area contributed by atoms with E-state index in [2.05, 4.69) is 0 Å². The quantitative estimate of drug-likeness (QED) is 0.839. The molecule has 1 aliphatic rings. The zero-order valence-electron chi connectivity index (χ0n) is 12.6. The summed E-state index contributed by atoms with van der Waals surface area (Å²) in [6.45, 7) is 5.97. The van der Waals surface area contributed by atoms with Crippen LogP contribution in [0.3, 0.4) is 0 Å². The van der Waals surface area contributed by atoms with Gasteiger partial charge >= 0.3 is 0 Å². The maximum atomic E-state index is 12.0. The first-order valence-electron chi connectivity index (χ1n) is 7.21. The number of carbonyl (C=O) groups is 2. The summed E-state index contributed by atoms with van der Waals surface area (Å²) in [6, 6.07) is 7.02. The summed E-state index contributed by atoms with van der Waals surface area (Å²) in [6.07, 6.45) is -0.883. The first-order valence-corrected chi connectivity index (χ1v) is 7.21. The van der Waals surface area contributed by atoms with Crippen molar-refractivity contribution in [3.05, 3.63) is 29.8 Å². The number of ether oxygens (including phenoxy) is 1. The predicted molar refractivity (Wildman–Crippen MR) is 77.6 cm³/mol. The van der Waals surface area contributed by atoms with Crippen molar-refractivity contribution in [3.63, 3.8) is 0 Å². The average Bonchev–Trinajstić information content (AvgIpc) is 2.66. The molecule has 21 heavy (non-hydrogen) atoms. The van der Waals surface area contributed by atoms with Gasteiger partial charge in [0.2, 0.25) is 11.8 Å². The van der Waals surface area contributed by atoms with Crippen LogP contribution in [-0.4, -0.2) is 35.0 Å². The Bertz CT molecular complexity index is 506. The normalized spacial score (nSPS) is 23.5. The Kier molecular flexibility index (Phi) is 4.63. The van der Waals surface area contributed by atoms with Gasteiger partial charge in [-0.3, -0.25) is 14.5 Å². The number of carbonyl (C=O) groups excluding carboxylic acids is 2. The number of hydrogen-bond acceptors (Lipinski definition) is 4. The summed E-state index contributed by atoms with van der Waals surface area (Å²) < 4.78 is 5.34. The largest absolute Gasteiger partial charge is 0.494 e. The zero-order valence-corrected chi connectivity index (χ0v) is 12.6. The number of hydrogen-bond donors (Lipinski definition) is 1. The van der Waals surface area contributed by atoms with Crippen LogP contribution in [0, 0.1) is 11.8 Å². The van der Waals surface area contributed by atoms with E-state index in [1.807, 2.05) is 6.92 Å². The Balaban J connectivity index is 2.06. The van der Waals surface area contributed by atoms with Crippen molar-refractivity contribution >= 4 is 11.8 Å². The lowest BCUT2D eigenvalue weighted by Crippen LogP contribution is -2.34. The molecule has 0 bridgehead atoms. The lowest BCUT2D eigenvalue weighted by atomic mass is 10.00. The highest BCUT2D eigenvalue weighted by Gasteiger charge is 2.42. The van der Waals surface area contributed by atoms with Crippen LogP contribution >= 0.6 is 0 Å². The van der Waals surface area contributed by atoms with E-state index in [0.717, 1.165) is 10.6 Å². The first-order chi connectivity index (χ1) is 9.95. The van der Waals surface area contributed by atoms with Gasteiger partial charge in [0.25, 0.3) is 0 Å². The molecule has 5 heteroatoms. The Morgan fingerprint density at radius 3 is 2.14 bits per heavy atom. The lowest BCUT2D eigenvalue weighted by Gasteiger charge is -2.19. The standard InChI is InChI=1S/C16H21NO4/c1-4-21-13-7-5-12(6-8-13)14(18)9-17-15(19)10(2)11(3)16(17)20/h5-8,10-11,14,18H,4,9H2,1-3H3. The van der Waals surface area contributed by atoms with Gasteiger partial charge in [-0.1, -0.05) is 26.0 Å². The van der Waals surface area contributed by atoms with Crippen molar-refractivity contribution in [1.82, 2.24) is 4.90 Å². The van der Waals surface area contributed by atoms with Crippen molar-refractivity contribution in [2.24, 2.45) is 11.8 Å². The Labute approximate surface area is 124 Å². The van der Waals surface area contributed by atoms with Gasteiger partial charge in [-0.25, -0.2) is 0 Å². The fourth-order valence-corrected chi connectivity index (χ4v) is 2.44. The summed E-state index contributed by atoms with van der Waals surface area (Å²) in [5.41, 5.74) is 0.659. The molecule has 2 rings (SSSR count). The van der Waals surface area contributed by atoms with E-state index in [-0.39, 0.29) is 30.2 Å². The molecule has 0 spiro atoms. The maximum Gasteiger partial charge on any atom is 0.232 e. The highest BCUT2D eigenvalue weighted by atomic mass is 16.5. The summed E-state index contributed by atoms with van der Waals surface area (Å²) in [5.74, 6) is -0.325. The first kappa shape index (κ1) is 15.5. The number of rotatable bonds is 5. The van der Waals surface area contributed by atoms with Crippen LogP contribution in [0.4, 0.5) is 0 Å². The van der Waals surface area contributed by atoms with Crippen molar-refractivity contribution in [2.45, 2.75) is 26.9 Å². The molecule has 1 fully saturated rings. The van der Waals surface area contributed by atoms with E-state index >= 15 is 0 Å². The molecule has 2 amide bonds. The third-order valence-electron chi connectivity index (χ3n) is 3.99. The number of likely N-dealkylation sites (tertiary alicyclic amines) is 1. The van der Waals surface area contributed by atoms with E-state index in [1.54, 1.807) is 38.1 Å². The molecule has 0 radical (unpaired) electrons. The molecule has 1 saturated heterocycles. The lowest BCUT2D eigenvalue weighted by molar-refractivity contribution is -0.141. The Morgan fingerprint density at radius 2 is 1.67 bits per heavy atom. The third-order valence-corrected chi connectivity index (χ3v) is 3.99. The van der Waals surface area contributed by atoms with Crippen LogP contribution in [0.5, 0.6) is 5.75 Å². The summed E-state index contributed by atoms with van der Waals surface area (Å²) in [5, 5.41) is 10.2. The number of nitrogens with zero attached hydrogens (tertiary/aromatic N) is 1. The van der Waals surface area contributed by atoms with Gasteiger partial charge in [0.1, 0.15) is 5.75 Å². The molecular formula is C16H21NO4. The predicted octanol–water partition coefficient (Wildman–Crippen LogP) is 1.76. The number of benzene rings is 1. The zero-order chi connectivity index (χ0) is 15.6. The van der Waals surface area contributed by atoms with Gasteiger partial charge in [0.15, 0.2) is 0 Å². The minimum absolute atomic E-state index is 0.000326. The van der Waals surface area contributed by atoms with E-state index in [4.69, 9.17) is 4.74 Å². The van der Waals surface area contributed by atoms with E-state index < -0.39 is 6.10 Å². The molecule has 3 unspecified atom stereocenters. The Hall–Kier alpha value is -1.88. The molecule has 0 aliphatic carbocycles. The molecule has 0 aromatic heterocycles. The molecule has 0 saturated carbocycles. The fourth-order valence-electron chi connectivity index (χ4n) is 2.44. The molecule has 1 aromatic carbocycles. The highest BCUT2D eigenvalue weighted by molar-refractivity contribution is 6.04. The van der Waals surface area contributed by atoms with Crippen LogP contribution < -0.4 is 4.74 Å². The second-order valence-corrected chi connectivity index (χ2v) is 5.38. The average molecular weight is 291 g/mol. The van der Waals surface area contributed by atoms with Crippen molar-refractivity contribution < 1.29 is 19.4 Å². The van der Waals surface area contributed by atoms with Crippen molar-refractivity contribution in [1.29, 1.82) is 0 Å². The van der Waals surface area contributed by atoms with Gasteiger partial charge in [0.05, 0.1) is 19.3 Å². The van der Waals surface area contributed by atoms with E-state index in [1.165, 1.54) is 0 Å². The monoisotopic (exact) mass is 291 g/mol. The molecule has 1 heterocycles. The molecule has 1 aliphatic heterocycles. The van der Waals surface area contributed by atoms with E-state index in [9.17, 15) is 14.7 Å². The number of imide groups is 1. The summed E-state index contributed by atoms with van der Waals surface area (Å²) >= 11 is 0. The molecule has 1 N–H and O–H groups in total. The van der Waals surface area contributed by atoms with Crippen LogP contribution in [0.25, 0.3) is 0 Å². The van der Waals surface area contributed by atoms with Gasteiger partial charge in [-0.15, -0.1) is 0 Å². The summed E-state index contributed by atoms with van der Waals surface area (Å²) in [7, 11) is 0. The van der Waals surface area contributed by atoms with Crippen molar-refractivity contribution in [2.75, 3.05) is 13.2 Å². The van der Waals surface area contributed by atoms with Crippen LogP contribution in [0.1, 0.15) is 32.4 Å². The molecule has 1 aromatic rings. The van der Waals surface area contributed by atoms with Crippen LogP contribution in [0.2, 0.25) is 0 Å². The fraction of sp³-hybridized carbons (Fsp3) is 0.500. The molecule has 3 atom stereocenters. The number of amides is 2.